The number of carbonyl (C=O) groups excluding carboxylic acids is 1. The molecule has 1 amide bonds. The molecule has 0 aliphatic carbocycles. The highest BCUT2D eigenvalue weighted by molar-refractivity contribution is 8.00. The highest BCUT2D eigenvalue weighted by atomic mass is 32.2. The Labute approximate surface area is 169 Å². The lowest BCUT2D eigenvalue weighted by molar-refractivity contribution is -0.118. The predicted molar refractivity (Wildman–Crippen MR) is 108 cm³/mol. The highest BCUT2D eigenvalue weighted by Gasteiger charge is 2.17. The maximum atomic E-state index is 12.9. The molecule has 0 saturated carbocycles. The minimum Gasteiger partial charge on any atom is -0.351 e. The molecule has 0 radical (unpaired) electrons. The van der Waals surface area contributed by atoms with E-state index >= 15 is 0 Å². The Morgan fingerprint density at radius 2 is 1.83 bits per heavy atom. The molecule has 1 N–H and O–H groups in total. The van der Waals surface area contributed by atoms with Gasteiger partial charge in [0.05, 0.1) is 5.75 Å². The Hall–Kier alpha value is -3.01. The van der Waals surface area contributed by atoms with Gasteiger partial charge in [0.15, 0.2) is 5.65 Å². The summed E-state index contributed by atoms with van der Waals surface area (Å²) in [7, 11) is 2.93. The molecule has 152 valence electrons. The molecule has 1 aromatic carbocycles. The molecule has 0 spiro atoms. The van der Waals surface area contributed by atoms with E-state index in [4.69, 9.17) is 0 Å². The van der Waals surface area contributed by atoms with E-state index in [1.165, 1.54) is 23.7 Å². The van der Waals surface area contributed by atoms with Crippen molar-refractivity contribution in [2.45, 2.75) is 24.9 Å². The average Bonchev–Trinajstić information content (AvgIpc) is 2.73. The molecule has 3 aromatic rings. The number of aryl methyl sites for hydroxylation is 2. The maximum Gasteiger partial charge on any atom is 0.332 e. The van der Waals surface area contributed by atoms with Crippen LogP contribution in [0.2, 0.25) is 0 Å². The van der Waals surface area contributed by atoms with Crippen molar-refractivity contribution < 1.29 is 9.18 Å². The van der Waals surface area contributed by atoms with Crippen molar-refractivity contribution in [3.8, 4) is 0 Å². The fourth-order valence-electron chi connectivity index (χ4n) is 2.72. The normalized spacial score (nSPS) is 11.0. The van der Waals surface area contributed by atoms with Gasteiger partial charge < -0.3 is 5.32 Å². The van der Waals surface area contributed by atoms with E-state index in [0.717, 1.165) is 21.9 Å². The Balaban J connectivity index is 1.83. The number of rotatable bonds is 6. The first-order valence-electron chi connectivity index (χ1n) is 8.92. The van der Waals surface area contributed by atoms with Gasteiger partial charge in [-0.3, -0.25) is 18.7 Å². The summed E-state index contributed by atoms with van der Waals surface area (Å²) in [6, 6.07) is 5.85. The second-order valence-corrected chi connectivity index (χ2v) is 7.36. The maximum absolute atomic E-state index is 12.9. The van der Waals surface area contributed by atoms with Gasteiger partial charge in [-0.2, -0.15) is 0 Å². The number of aromatic nitrogens is 4. The Morgan fingerprint density at radius 1 is 1.14 bits per heavy atom. The van der Waals surface area contributed by atoms with Crippen molar-refractivity contribution in [2.24, 2.45) is 14.1 Å². The standard InChI is InChI=1S/C19H20FN5O3S/c1-4-13-22-16-15(18(27)25(3)19(28)24(16)2)17(23-13)29-10-14(26)21-9-11-5-7-12(20)8-6-11/h5-8H,4,9-10H2,1-3H3,(H,21,26). The van der Waals surface area contributed by atoms with Crippen molar-refractivity contribution in [1.29, 1.82) is 0 Å². The molecule has 0 unspecified atom stereocenters. The number of nitrogens with zero attached hydrogens (tertiary/aromatic N) is 4. The first kappa shape index (κ1) is 20.7. The molecule has 0 bridgehead atoms. The number of thioether (sulfide) groups is 1. The Bertz CT molecular complexity index is 1190. The molecule has 0 aliphatic rings. The highest BCUT2D eigenvalue weighted by Crippen LogP contribution is 2.22. The molecular weight excluding hydrogens is 397 g/mol. The van der Waals surface area contributed by atoms with E-state index in [1.807, 2.05) is 6.92 Å². The molecule has 8 nitrogen and oxygen atoms in total. The first-order chi connectivity index (χ1) is 13.8. The van der Waals surface area contributed by atoms with Crippen LogP contribution >= 0.6 is 11.8 Å². The fraction of sp³-hybridized carbons (Fsp3) is 0.316. The van der Waals surface area contributed by atoms with Gasteiger partial charge in [0, 0.05) is 27.1 Å². The number of halogens is 1. The summed E-state index contributed by atoms with van der Waals surface area (Å²) in [5.74, 6) is -0.0858. The molecular formula is C19H20FN5O3S. The zero-order chi connectivity index (χ0) is 21.1. The van der Waals surface area contributed by atoms with Gasteiger partial charge in [-0.15, -0.1) is 0 Å². The monoisotopic (exact) mass is 417 g/mol. The molecule has 29 heavy (non-hydrogen) atoms. The molecule has 2 aromatic heterocycles. The number of hydrogen-bond donors (Lipinski definition) is 1. The van der Waals surface area contributed by atoms with E-state index < -0.39 is 11.2 Å². The van der Waals surface area contributed by atoms with E-state index in [-0.39, 0.29) is 35.1 Å². The lowest BCUT2D eigenvalue weighted by atomic mass is 10.2. The minimum absolute atomic E-state index is 0.0302. The van der Waals surface area contributed by atoms with E-state index in [0.29, 0.717) is 17.3 Å². The summed E-state index contributed by atoms with van der Waals surface area (Å²) < 4.78 is 15.2. The summed E-state index contributed by atoms with van der Waals surface area (Å²) in [5.41, 5.74) is 0.0461. The second kappa shape index (κ2) is 8.56. The molecule has 10 heteroatoms. The number of amides is 1. The summed E-state index contributed by atoms with van der Waals surface area (Å²) >= 11 is 1.11. The Kier molecular flexibility index (Phi) is 6.12. The van der Waals surface area contributed by atoms with Crippen LogP contribution < -0.4 is 16.6 Å². The quantitative estimate of drug-likeness (QED) is 0.477. The average molecular weight is 417 g/mol. The van der Waals surface area contributed by atoms with Crippen molar-refractivity contribution in [3.63, 3.8) is 0 Å². The Morgan fingerprint density at radius 3 is 2.48 bits per heavy atom. The topological polar surface area (TPSA) is 98.9 Å². The van der Waals surface area contributed by atoms with Crippen LogP contribution in [0.25, 0.3) is 11.0 Å². The summed E-state index contributed by atoms with van der Waals surface area (Å²) in [6.07, 6.45) is 0.518. The smallest absolute Gasteiger partial charge is 0.332 e. The summed E-state index contributed by atoms with van der Waals surface area (Å²) in [5, 5.41) is 3.32. The summed E-state index contributed by atoms with van der Waals surface area (Å²) in [4.78, 5) is 45.8. The molecule has 0 aliphatic heterocycles. The van der Waals surface area contributed by atoms with Crippen molar-refractivity contribution in [2.75, 3.05) is 5.75 Å². The minimum atomic E-state index is -0.500. The van der Waals surface area contributed by atoms with E-state index in [9.17, 15) is 18.8 Å². The van der Waals surface area contributed by atoms with Gasteiger partial charge >= 0.3 is 5.69 Å². The van der Waals surface area contributed by atoms with Gasteiger partial charge in [-0.05, 0) is 17.7 Å². The van der Waals surface area contributed by atoms with Crippen LogP contribution in [0.1, 0.15) is 18.3 Å². The van der Waals surface area contributed by atoms with Crippen molar-refractivity contribution >= 4 is 28.7 Å². The largest absolute Gasteiger partial charge is 0.351 e. The van der Waals surface area contributed by atoms with Crippen LogP contribution in [0.15, 0.2) is 38.9 Å². The van der Waals surface area contributed by atoms with Crippen LogP contribution in [-0.4, -0.2) is 30.8 Å². The zero-order valence-electron chi connectivity index (χ0n) is 16.2. The third-order valence-electron chi connectivity index (χ3n) is 4.37. The SMILES string of the molecule is CCc1nc(SCC(=O)NCc2ccc(F)cc2)c2c(=O)n(C)c(=O)n(C)c2n1. The van der Waals surface area contributed by atoms with E-state index in [2.05, 4.69) is 15.3 Å². The van der Waals surface area contributed by atoms with E-state index in [1.54, 1.807) is 19.2 Å². The van der Waals surface area contributed by atoms with Crippen molar-refractivity contribution in [1.82, 2.24) is 24.4 Å². The molecule has 0 saturated heterocycles. The summed E-state index contributed by atoms with van der Waals surface area (Å²) in [6.45, 7) is 2.13. The number of fused-ring (bicyclic) bond motifs is 1. The molecule has 3 rings (SSSR count). The number of hydrogen-bond acceptors (Lipinski definition) is 6. The van der Waals surface area contributed by atoms with Gasteiger partial charge in [0.1, 0.15) is 22.1 Å². The predicted octanol–water partition coefficient (Wildman–Crippen LogP) is 1.14. The van der Waals surface area contributed by atoms with Gasteiger partial charge in [0.2, 0.25) is 5.91 Å². The van der Waals surface area contributed by atoms with Crippen LogP contribution in [-0.2, 0) is 31.9 Å². The van der Waals surface area contributed by atoms with Crippen LogP contribution in [0.5, 0.6) is 0 Å². The second-order valence-electron chi connectivity index (χ2n) is 6.39. The number of carbonyl (C=O) groups is 1. The molecule has 0 fully saturated rings. The zero-order valence-corrected chi connectivity index (χ0v) is 17.0. The third kappa shape index (κ3) is 4.37. The van der Waals surface area contributed by atoms with Crippen LogP contribution in [0.3, 0.4) is 0 Å². The fourth-order valence-corrected chi connectivity index (χ4v) is 3.59. The molecule has 0 atom stereocenters. The lowest BCUT2D eigenvalue weighted by Gasteiger charge is -2.11. The number of nitrogens with one attached hydrogen (secondary N) is 1. The van der Waals surface area contributed by atoms with Crippen molar-refractivity contribution in [3.05, 3.63) is 62.3 Å². The van der Waals surface area contributed by atoms with Gasteiger partial charge in [0.25, 0.3) is 5.56 Å². The van der Waals surface area contributed by atoms with Crippen LogP contribution in [0.4, 0.5) is 4.39 Å². The van der Waals surface area contributed by atoms with Crippen LogP contribution in [0, 0.1) is 5.82 Å². The molecule has 2 heterocycles. The van der Waals surface area contributed by atoms with Gasteiger partial charge in [-0.25, -0.2) is 19.2 Å². The third-order valence-corrected chi connectivity index (χ3v) is 5.35. The lowest BCUT2D eigenvalue weighted by Crippen LogP contribution is -2.38. The first-order valence-corrected chi connectivity index (χ1v) is 9.91. The van der Waals surface area contributed by atoms with Gasteiger partial charge in [-0.1, -0.05) is 30.8 Å². The number of benzene rings is 1.